The van der Waals surface area contributed by atoms with E-state index in [-0.39, 0.29) is 12.5 Å². The molecule has 1 heterocycles. The number of rotatable bonds is 9. The second kappa shape index (κ2) is 10.6. The number of nitrogens with zero attached hydrogens (tertiary/aromatic N) is 3. The molecule has 0 aliphatic carbocycles. The van der Waals surface area contributed by atoms with Crippen LogP contribution in [0.5, 0.6) is 5.75 Å². The van der Waals surface area contributed by atoms with E-state index >= 15 is 0 Å². The van der Waals surface area contributed by atoms with E-state index in [0.717, 1.165) is 17.9 Å². The Bertz CT molecular complexity index is 1150. The Labute approximate surface area is 191 Å². The number of aryl methyl sites for hydroxylation is 1. The molecule has 0 aliphatic heterocycles. The van der Waals surface area contributed by atoms with Crippen LogP contribution in [0, 0.1) is 0 Å². The summed E-state index contributed by atoms with van der Waals surface area (Å²) in [6.45, 7) is 1.98. The van der Waals surface area contributed by atoms with Gasteiger partial charge in [-0.25, -0.2) is 0 Å². The summed E-state index contributed by atoms with van der Waals surface area (Å²) in [4.78, 5) is 12.6. The van der Waals surface area contributed by atoms with Gasteiger partial charge in [0, 0.05) is 5.75 Å². The molecule has 0 unspecified atom stereocenters. The number of thioether (sulfide) groups is 1. The van der Waals surface area contributed by atoms with Crippen LogP contribution in [-0.2, 0) is 17.0 Å². The van der Waals surface area contributed by atoms with Crippen molar-refractivity contribution in [2.24, 2.45) is 0 Å². The van der Waals surface area contributed by atoms with Crippen molar-refractivity contribution in [3.63, 3.8) is 0 Å². The Morgan fingerprint density at radius 1 is 0.906 bits per heavy atom. The molecule has 3 aromatic carbocycles. The van der Waals surface area contributed by atoms with Crippen LogP contribution in [0.4, 0.5) is 5.95 Å². The minimum Gasteiger partial charge on any atom is -0.484 e. The molecule has 0 spiro atoms. The molecule has 162 valence electrons. The van der Waals surface area contributed by atoms with Gasteiger partial charge in [-0.2, -0.15) is 0 Å². The molecular formula is C25H24N4O2S. The summed E-state index contributed by atoms with van der Waals surface area (Å²) in [5, 5.41) is 12.1. The van der Waals surface area contributed by atoms with Crippen LogP contribution in [0.25, 0.3) is 5.69 Å². The van der Waals surface area contributed by atoms with Crippen LogP contribution >= 0.6 is 11.8 Å². The standard InChI is InChI=1S/C25H24N4O2S/c1-2-19-13-15-22(16-14-19)31-17-23(30)26-24-27-28-25(29(24)21-11-7-4-8-12-21)32-18-20-9-5-3-6-10-20/h3-16H,2,17-18H2,1H3,(H,26,27,30). The average molecular weight is 445 g/mol. The molecule has 0 saturated heterocycles. The molecule has 32 heavy (non-hydrogen) atoms. The molecular weight excluding hydrogens is 420 g/mol. The summed E-state index contributed by atoms with van der Waals surface area (Å²) in [6, 6.07) is 27.6. The zero-order valence-electron chi connectivity index (χ0n) is 17.8. The molecule has 1 aromatic heterocycles. The van der Waals surface area contributed by atoms with Crippen LogP contribution in [0.3, 0.4) is 0 Å². The molecule has 0 saturated carbocycles. The number of benzene rings is 3. The maximum atomic E-state index is 12.6. The van der Waals surface area contributed by atoms with Crippen LogP contribution in [0.1, 0.15) is 18.1 Å². The van der Waals surface area contributed by atoms with Gasteiger partial charge in [0.25, 0.3) is 5.91 Å². The van der Waals surface area contributed by atoms with E-state index in [0.29, 0.717) is 16.9 Å². The van der Waals surface area contributed by atoms with Crippen molar-refractivity contribution in [1.82, 2.24) is 14.8 Å². The normalized spacial score (nSPS) is 10.7. The zero-order valence-corrected chi connectivity index (χ0v) is 18.6. The smallest absolute Gasteiger partial charge is 0.264 e. The van der Waals surface area contributed by atoms with Crippen molar-refractivity contribution in [3.05, 3.63) is 96.1 Å². The minimum absolute atomic E-state index is 0.111. The van der Waals surface area contributed by atoms with Crippen LogP contribution in [-0.4, -0.2) is 27.3 Å². The van der Waals surface area contributed by atoms with Gasteiger partial charge >= 0.3 is 0 Å². The highest BCUT2D eigenvalue weighted by Crippen LogP contribution is 2.27. The number of hydrogen-bond acceptors (Lipinski definition) is 5. The third-order valence-electron chi connectivity index (χ3n) is 4.81. The van der Waals surface area contributed by atoms with Crippen molar-refractivity contribution >= 4 is 23.6 Å². The van der Waals surface area contributed by atoms with Crippen molar-refractivity contribution < 1.29 is 9.53 Å². The van der Waals surface area contributed by atoms with Gasteiger partial charge in [0.15, 0.2) is 11.8 Å². The predicted octanol–water partition coefficient (Wildman–Crippen LogP) is 5.14. The van der Waals surface area contributed by atoms with Crippen molar-refractivity contribution in [1.29, 1.82) is 0 Å². The molecule has 0 radical (unpaired) electrons. The molecule has 4 aromatic rings. The van der Waals surface area contributed by atoms with Crippen molar-refractivity contribution in [2.75, 3.05) is 11.9 Å². The van der Waals surface area contributed by atoms with Gasteiger partial charge < -0.3 is 4.74 Å². The van der Waals surface area contributed by atoms with Crippen LogP contribution in [0.2, 0.25) is 0 Å². The van der Waals surface area contributed by atoms with E-state index in [2.05, 4.69) is 34.6 Å². The molecule has 0 atom stereocenters. The van der Waals surface area contributed by atoms with E-state index in [1.165, 1.54) is 11.1 Å². The quantitative estimate of drug-likeness (QED) is 0.362. The molecule has 1 N–H and O–H groups in total. The number of carbonyl (C=O) groups excluding carboxylic acids is 1. The maximum Gasteiger partial charge on any atom is 0.264 e. The first-order valence-electron chi connectivity index (χ1n) is 10.4. The summed E-state index contributed by atoms with van der Waals surface area (Å²) in [5.41, 5.74) is 3.28. The number of anilines is 1. The lowest BCUT2D eigenvalue weighted by Crippen LogP contribution is -2.22. The number of carbonyl (C=O) groups is 1. The SMILES string of the molecule is CCc1ccc(OCC(=O)Nc2nnc(SCc3ccccc3)n2-c2ccccc2)cc1. The lowest BCUT2D eigenvalue weighted by Gasteiger charge is -2.11. The molecule has 0 bridgehead atoms. The predicted molar refractivity (Wildman–Crippen MR) is 127 cm³/mol. The Kier molecular flexibility index (Phi) is 7.19. The summed E-state index contributed by atoms with van der Waals surface area (Å²) < 4.78 is 7.47. The summed E-state index contributed by atoms with van der Waals surface area (Å²) in [7, 11) is 0. The van der Waals surface area contributed by atoms with Gasteiger partial charge in [0.2, 0.25) is 5.95 Å². The second-order valence-corrected chi connectivity index (χ2v) is 8.03. The molecule has 7 heteroatoms. The Morgan fingerprint density at radius 3 is 2.28 bits per heavy atom. The average Bonchev–Trinajstić information content (AvgIpc) is 3.25. The summed E-state index contributed by atoms with van der Waals surface area (Å²) >= 11 is 1.56. The summed E-state index contributed by atoms with van der Waals surface area (Å²) in [5.74, 6) is 1.47. The highest BCUT2D eigenvalue weighted by molar-refractivity contribution is 7.98. The van der Waals surface area contributed by atoms with Gasteiger partial charge in [-0.3, -0.25) is 14.7 Å². The van der Waals surface area contributed by atoms with Gasteiger partial charge in [-0.15, -0.1) is 10.2 Å². The van der Waals surface area contributed by atoms with Crippen molar-refractivity contribution in [3.8, 4) is 11.4 Å². The zero-order chi connectivity index (χ0) is 22.2. The van der Waals surface area contributed by atoms with E-state index < -0.39 is 0 Å². The fourth-order valence-electron chi connectivity index (χ4n) is 3.11. The number of hydrogen-bond donors (Lipinski definition) is 1. The molecule has 0 fully saturated rings. The topological polar surface area (TPSA) is 69.0 Å². The van der Waals surface area contributed by atoms with Gasteiger partial charge in [-0.1, -0.05) is 79.3 Å². The first kappa shape index (κ1) is 21.6. The van der Waals surface area contributed by atoms with E-state index in [4.69, 9.17) is 4.74 Å². The fourth-order valence-corrected chi connectivity index (χ4v) is 4.02. The number of amides is 1. The Balaban J connectivity index is 1.47. The second-order valence-electron chi connectivity index (χ2n) is 7.09. The first-order chi connectivity index (χ1) is 15.7. The third kappa shape index (κ3) is 5.56. The maximum absolute atomic E-state index is 12.6. The number of nitrogens with one attached hydrogen (secondary N) is 1. The number of aromatic nitrogens is 3. The minimum atomic E-state index is -0.297. The Hall–Kier alpha value is -3.58. The van der Waals surface area contributed by atoms with Crippen LogP contribution in [0.15, 0.2) is 90.1 Å². The molecule has 6 nitrogen and oxygen atoms in total. The highest BCUT2D eigenvalue weighted by Gasteiger charge is 2.17. The third-order valence-corrected chi connectivity index (χ3v) is 5.81. The monoisotopic (exact) mass is 444 g/mol. The van der Waals surface area contributed by atoms with Gasteiger partial charge in [-0.05, 0) is 41.8 Å². The fraction of sp³-hybridized carbons (Fsp3) is 0.160. The van der Waals surface area contributed by atoms with E-state index in [1.807, 2.05) is 77.4 Å². The highest BCUT2D eigenvalue weighted by atomic mass is 32.2. The van der Waals surface area contributed by atoms with E-state index in [9.17, 15) is 4.79 Å². The molecule has 1 amide bonds. The number of ether oxygens (including phenoxy) is 1. The first-order valence-corrected chi connectivity index (χ1v) is 11.4. The molecule has 4 rings (SSSR count). The van der Waals surface area contributed by atoms with E-state index in [1.54, 1.807) is 11.8 Å². The van der Waals surface area contributed by atoms with Gasteiger partial charge in [0.05, 0.1) is 5.69 Å². The lowest BCUT2D eigenvalue weighted by atomic mass is 10.2. The largest absolute Gasteiger partial charge is 0.484 e. The van der Waals surface area contributed by atoms with Crippen LogP contribution < -0.4 is 10.1 Å². The van der Waals surface area contributed by atoms with Crippen molar-refractivity contribution in [2.45, 2.75) is 24.3 Å². The summed E-state index contributed by atoms with van der Waals surface area (Å²) in [6.07, 6.45) is 0.959. The Morgan fingerprint density at radius 2 is 1.59 bits per heavy atom. The lowest BCUT2D eigenvalue weighted by molar-refractivity contribution is -0.118. The number of para-hydroxylation sites is 1. The molecule has 0 aliphatic rings. The van der Waals surface area contributed by atoms with Gasteiger partial charge in [0.1, 0.15) is 5.75 Å².